The number of rotatable bonds is 5. The van der Waals surface area contributed by atoms with Crippen LogP contribution in [0.3, 0.4) is 0 Å². The first-order valence-electron chi connectivity index (χ1n) is 8.62. The molecule has 1 fully saturated rings. The van der Waals surface area contributed by atoms with Crippen LogP contribution in [-0.2, 0) is 10.5 Å². The maximum absolute atomic E-state index is 13.8. The van der Waals surface area contributed by atoms with Crippen molar-refractivity contribution in [2.45, 2.75) is 10.9 Å². The first-order valence-corrected chi connectivity index (χ1v) is 9.98. The van der Waals surface area contributed by atoms with Gasteiger partial charge in [-0.2, -0.15) is 0 Å². The first-order chi connectivity index (χ1) is 13.2. The number of thioether (sulfide) groups is 1. The average Bonchev–Trinajstić information content (AvgIpc) is 3.12. The summed E-state index contributed by atoms with van der Waals surface area (Å²) in [5.41, 5.74) is 1.84. The summed E-state index contributed by atoms with van der Waals surface area (Å²) in [7, 11) is 0. The van der Waals surface area contributed by atoms with E-state index in [-0.39, 0.29) is 5.82 Å². The van der Waals surface area contributed by atoms with E-state index in [0.29, 0.717) is 35.6 Å². The summed E-state index contributed by atoms with van der Waals surface area (Å²) < 4.78 is 21.2. The number of benzene rings is 2. The van der Waals surface area contributed by atoms with E-state index in [1.54, 1.807) is 17.8 Å². The van der Waals surface area contributed by atoms with Gasteiger partial charge < -0.3 is 9.64 Å². The Morgan fingerprint density at radius 3 is 2.59 bits per heavy atom. The number of aromatic nitrogens is 3. The molecule has 0 unspecified atom stereocenters. The van der Waals surface area contributed by atoms with Gasteiger partial charge in [0, 0.05) is 23.9 Å². The molecule has 0 saturated carbocycles. The van der Waals surface area contributed by atoms with Gasteiger partial charge in [-0.1, -0.05) is 41.6 Å². The minimum Gasteiger partial charge on any atom is -0.378 e. The van der Waals surface area contributed by atoms with Gasteiger partial charge in [0.25, 0.3) is 0 Å². The lowest BCUT2D eigenvalue weighted by molar-refractivity contribution is 0.122. The molecule has 1 saturated heterocycles. The summed E-state index contributed by atoms with van der Waals surface area (Å²) >= 11 is 7.51. The third-order valence-corrected chi connectivity index (χ3v) is 5.51. The largest absolute Gasteiger partial charge is 0.378 e. The smallest absolute Gasteiger partial charge is 0.232 e. The van der Waals surface area contributed by atoms with Crippen molar-refractivity contribution in [2.75, 3.05) is 31.2 Å². The molecule has 2 aromatic carbocycles. The molecule has 1 aliphatic heterocycles. The molecule has 0 spiro atoms. The van der Waals surface area contributed by atoms with Gasteiger partial charge in [0.05, 0.1) is 18.9 Å². The van der Waals surface area contributed by atoms with Crippen LogP contribution in [0.1, 0.15) is 5.56 Å². The highest BCUT2D eigenvalue weighted by Crippen LogP contribution is 2.29. The molecular weight excluding hydrogens is 387 g/mol. The Bertz CT molecular complexity index is 912. The van der Waals surface area contributed by atoms with Crippen LogP contribution in [-0.4, -0.2) is 41.1 Å². The fourth-order valence-electron chi connectivity index (χ4n) is 2.89. The maximum atomic E-state index is 13.8. The lowest BCUT2D eigenvalue weighted by Crippen LogP contribution is -2.37. The summed E-state index contributed by atoms with van der Waals surface area (Å²) in [4.78, 5) is 2.12. The van der Waals surface area contributed by atoms with Crippen LogP contribution in [0.5, 0.6) is 0 Å². The molecule has 140 valence electrons. The highest BCUT2D eigenvalue weighted by molar-refractivity contribution is 7.98. The van der Waals surface area contributed by atoms with E-state index in [4.69, 9.17) is 16.3 Å². The third-order valence-electron chi connectivity index (χ3n) is 4.26. The van der Waals surface area contributed by atoms with Crippen LogP contribution >= 0.6 is 23.4 Å². The van der Waals surface area contributed by atoms with Gasteiger partial charge in [-0.15, -0.1) is 10.2 Å². The van der Waals surface area contributed by atoms with Gasteiger partial charge >= 0.3 is 0 Å². The van der Waals surface area contributed by atoms with Crippen molar-refractivity contribution in [2.24, 2.45) is 0 Å². The maximum Gasteiger partial charge on any atom is 0.232 e. The van der Waals surface area contributed by atoms with Gasteiger partial charge in [-0.05, 0) is 35.9 Å². The summed E-state index contributed by atoms with van der Waals surface area (Å²) in [6, 6.07) is 14.2. The van der Waals surface area contributed by atoms with E-state index in [0.717, 1.165) is 23.8 Å². The minimum absolute atomic E-state index is 0.289. The molecule has 0 radical (unpaired) electrons. The zero-order valence-corrected chi connectivity index (χ0v) is 16.1. The fourth-order valence-corrected chi connectivity index (χ4v) is 3.92. The molecule has 0 N–H and O–H groups in total. The van der Waals surface area contributed by atoms with Crippen molar-refractivity contribution in [3.63, 3.8) is 0 Å². The number of ether oxygens (including phenoxy) is 1. The van der Waals surface area contributed by atoms with Crippen molar-refractivity contribution in [1.29, 1.82) is 0 Å². The molecule has 0 atom stereocenters. The summed E-state index contributed by atoms with van der Waals surface area (Å²) in [6.45, 7) is 2.75. The van der Waals surface area contributed by atoms with Crippen LogP contribution in [0.2, 0.25) is 5.02 Å². The van der Waals surface area contributed by atoms with E-state index in [9.17, 15) is 4.39 Å². The molecule has 3 aromatic rings. The highest BCUT2D eigenvalue weighted by Gasteiger charge is 2.22. The van der Waals surface area contributed by atoms with Gasteiger partial charge in [0.1, 0.15) is 5.82 Å². The second-order valence-corrected chi connectivity index (χ2v) is 7.49. The fraction of sp³-hybridized carbons (Fsp3) is 0.263. The van der Waals surface area contributed by atoms with Gasteiger partial charge in [-0.3, -0.25) is 4.57 Å². The molecule has 0 aliphatic carbocycles. The molecule has 8 heteroatoms. The predicted molar refractivity (Wildman–Crippen MR) is 105 cm³/mol. The van der Waals surface area contributed by atoms with E-state index in [2.05, 4.69) is 15.1 Å². The number of halogens is 2. The number of nitrogens with zero attached hydrogens (tertiary/aromatic N) is 4. The zero-order chi connectivity index (χ0) is 18.6. The highest BCUT2D eigenvalue weighted by atomic mass is 35.5. The molecule has 0 amide bonds. The summed E-state index contributed by atoms with van der Waals surface area (Å²) in [5, 5.41) is 10.2. The van der Waals surface area contributed by atoms with Crippen LogP contribution < -0.4 is 4.90 Å². The predicted octanol–water partition coefficient (Wildman–Crippen LogP) is 4.19. The van der Waals surface area contributed by atoms with Crippen molar-refractivity contribution in [3.05, 3.63) is 64.9 Å². The van der Waals surface area contributed by atoms with E-state index in [1.807, 2.05) is 34.9 Å². The van der Waals surface area contributed by atoms with Crippen LogP contribution in [0, 0.1) is 5.82 Å². The van der Waals surface area contributed by atoms with E-state index >= 15 is 0 Å². The van der Waals surface area contributed by atoms with Crippen molar-refractivity contribution < 1.29 is 9.13 Å². The lowest BCUT2D eigenvalue weighted by atomic mass is 10.2. The van der Waals surface area contributed by atoms with Crippen molar-refractivity contribution in [1.82, 2.24) is 14.8 Å². The monoisotopic (exact) mass is 404 g/mol. The number of hydrogen-bond acceptors (Lipinski definition) is 5. The topological polar surface area (TPSA) is 43.2 Å². The molecule has 1 aliphatic rings. The SMILES string of the molecule is Fc1cccc(-n2c(SCc3ccc(Cl)cc3)nnc2N2CCOCC2)c1. The van der Waals surface area contributed by atoms with Gasteiger partial charge in [0.15, 0.2) is 5.16 Å². The Morgan fingerprint density at radius 1 is 1.07 bits per heavy atom. The standard InChI is InChI=1S/C19H18ClFN4OS/c20-15-6-4-14(5-7-15)13-27-19-23-22-18(24-8-10-26-11-9-24)25(19)17-3-1-2-16(21)12-17/h1-7,12H,8-11,13H2. The zero-order valence-electron chi connectivity index (χ0n) is 14.5. The quantitative estimate of drug-likeness (QED) is 0.596. The number of hydrogen-bond donors (Lipinski definition) is 0. The summed E-state index contributed by atoms with van der Waals surface area (Å²) in [5.74, 6) is 1.14. The minimum atomic E-state index is -0.289. The van der Waals surface area contributed by atoms with Gasteiger partial charge in [0.2, 0.25) is 5.95 Å². The Hall–Kier alpha value is -2.09. The molecule has 27 heavy (non-hydrogen) atoms. The van der Waals surface area contributed by atoms with Crippen LogP contribution in [0.15, 0.2) is 53.7 Å². The Labute approximate surface area is 166 Å². The normalized spacial score (nSPS) is 14.5. The lowest BCUT2D eigenvalue weighted by Gasteiger charge is -2.27. The molecule has 0 bridgehead atoms. The second-order valence-electron chi connectivity index (χ2n) is 6.11. The third kappa shape index (κ3) is 4.26. The second kappa shape index (κ2) is 8.29. The first kappa shape index (κ1) is 18.3. The van der Waals surface area contributed by atoms with E-state index < -0.39 is 0 Å². The van der Waals surface area contributed by atoms with Crippen molar-refractivity contribution in [3.8, 4) is 5.69 Å². The van der Waals surface area contributed by atoms with Gasteiger partial charge in [-0.25, -0.2) is 4.39 Å². The number of anilines is 1. The van der Waals surface area contributed by atoms with Crippen LogP contribution in [0.25, 0.3) is 5.69 Å². The van der Waals surface area contributed by atoms with Crippen molar-refractivity contribution >= 4 is 29.3 Å². The Balaban J connectivity index is 1.65. The Kier molecular flexibility index (Phi) is 5.61. The number of morpholine rings is 1. The van der Waals surface area contributed by atoms with E-state index in [1.165, 1.54) is 12.1 Å². The Morgan fingerprint density at radius 2 is 1.85 bits per heavy atom. The average molecular weight is 405 g/mol. The molecule has 5 nitrogen and oxygen atoms in total. The summed E-state index contributed by atoms with van der Waals surface area (Å²) in [6.07, 6.45) is 0. The molecule has 2 heterocycles. The molecular formula is C19H18ClFN4OS. The van der Waals surface area contributed by atoms with Crippen LogP contribution in [0.4, 0.5) is 10.3 Å². The molecule has 4 rings (SSSR count). The molecule has 1 aromatic heterocycles.